The molecule has 176 valence electrons. The van der Waals surface area contributed by atoms with Gasteiger partial charge in [-0.15, -0.1) is 0 Å². The van der Waals surface area contributed by atoms with Crippen LogP contribution in [-0.2, 0) is 0 Å². The quantitative estimate of drug-likeness (QED) is 0.196. The van der Waals surface area contributed by atoms with Crippen LogP contribution in [0.15, 0.2) is 48.2 Å². The molecule has 0 fully saturated rings. The third-order valence-electron chi connectivity index (χ3n) is 5.60. The van der Waals surface area contributed by atoms with Crippen molar-refractivity contribution in [1.82, 2.24) is 9.97 Å². The number of aromatic nitrogens is 2. The maximum atomic E-state index is 5.95. The lowest BCUT2D eigenvalue weighted by Gasteiger charge is -2.12. The highest BCUT2D eigenvalue weighted by Crippen LogP contribution is 2.22. The maximum absolute atomic E-state index is 5.95. The number of hydrogen-bond donors (Lipinski definition) is 0. The van der Waals surface area contributed by atoms with E-state index in [1.165, 1.54) is 44.1 Å². The van der Waals surface area contributed by atoms with Crippen LogP contribution in [-0.4, -0.2) is 23.2 Å². The minimum absolute atomic E-state index is 0.457. The van der Waals surface area contributed by atoms with Crippen molar-refractivity contribution in [3.05, 3.63) is 48.2 Å². The van der Waals surface area contributed by atoms with E-state index < -0.39 is 0 Å². The summed E-state index contributed by atoms with van der Waals surface area (Å²) in [5, 5.41) is 0. The number of unbranched alkanes of at least 4 members (excludes halogenated alkanes) is 5. The van der Waals surface area contributed by atoms with Crippen LogP contribution in [0.4, 0.5) is 0 Å². The van der Waals surface area contributed by atoms with E-state index in [0.717, 1.165) is 42.9 Å². The summed E-state index contributed by atoms with van der Waals surface area (Å²) in [6.45, 7) is 10.3. The van der Waals surface area contributed by atoms with E-state index in [9.17, 15) is 0 Å². The summed E-state index contributed by atoms with van der Waals surface area (Å²) in [5.41, 5.74) is 3.31. The number of benzene rings is 1. The molecule has 32 heavy (non-hydrogen) atoms. The lowest BCUT2D eigenvalue weighted by Crippen LogP contribution is -2.04. The van der Waals surface area contributed by atoms with Crippen LogP contribution in [0.25, 0.3) is 11.3 Å². The van der Waals surface area contributed by atoms with E-state index in [0.29, 0.717) is 18.5 Å². The van der Waals surface area contributed by atoms with E-state index in [1.807, 2.05) is 30.3 Å². The fraction of sp³-hybridized carbons (Fsp3) is 0.571. The van der Waals surface area contributed by atoms with E-state index in [4.69, 9.17) is 9.47 Å². The first-order chi connectivity index (χ1) is 15.6. The Morgan fingerprint density at radius 3 is 2.41 bits per heavy atom. The number of nitrogens with zero attached hydrogens (tertiary/aromatic N) is 2. The number of hydrogen-bond acceptors (Lipinski definition) is 4. The van der Waals surface area contributed by atoms with E-state index >= 15 is 0 Å². The zero-order valence-corrected chi connectivity index (χ0v) is 20.6. The summed E-state index contributed by atoms with van der Waals surface area (Å²) in [5.74, 6) is 1.57. The van der Waals surface area contributed by atoms with Crippen LogP contribution in [0.5, 0.6) is 11.8 Å². The Labute approximate surface area is 195 Å². The van der Waals surface area contributed by atoms with Gasteiger partial charge in [0.25, 0.3) is 0 Å². The molecule has 1 atom stereocenters. The molecular formula is C28H42N2O2. The van der Waals surface area contributed by atoms with Crippen molar-refractivity contribution in [2.24, 2.45) is 5.92 Å². The molecule has 4 heteroatoms. The number of rotatable bonds is 16. The van der Waals surface area contributed by atoms with Gasteiger partial charge in [0.05, 0.1) is 18.9 Å². The van der Waals surface area contributed by atoms with Gasteiger partial charge in [0.1, 0.15) is 5.75 Å². The monoisotopic (exact) mass is 438 g/mol. The van der Waals surface area contributed by atoms with Gasteiger partial charge in [-0.05, 0) is 75.8 Å². The second-order valence-corrected chi connectivity index (χ2v) is 8.97. The Balaban J connectivity index is 1.74. The summed E-state index contributed by atoms with van der Waals surface area (Å²) >= 11 is 0. The molecule has 0 bridgehead atoms. The molecule has 1 aromatic heterocycles. The predicted molar refractivity (Wildman–Crippen MR) is 134 cm³/mol. The lowest BCUT2D eigenvalue weighted by molar-refractivity contribution is 0.279. The average Bonchev–Trinajstić information content (AvgIpc) is 2.79. The number of allylic oxidation sites excluding steroid dienone is 2. The van der Waals surface area contributed by atoms with Gasteiger partial charge in [-0.3, -0.25) is 0 Å². The van der Waals surface area contributed by atoms with E-state index in [1.54, 1.807) is 6.20 Å². The molecule has 1 heterocycles. The molecule has 1 aromatic carbocycles. The minimum atomic E-state index is 0.457. The molecule has 4 nitrogen and oxygen atoms in total. The van der Waals surface area contributed by atoms with Crippen molar-refractivity contribution < 1.29 is 9.47 Å². The zero-order valence-electron chi connectivity index (χ0n) is 20.6. The van der Waals surface area contributed by atoms with Gasteiger partial charge in [-0.25, -0.2) is 4.98 Å². The molecule has 0 radical (unpaired) electrons. The summed E-state index contributed by atoms with van der Waals surface area (Å²) < 4.78 is 11.7. The highest BCUT2D eigenvalue weighted by Gasteiger charge is 2.05. The third kappa shape index (κ3) is 10.8. The Morgan fingerprint density at radius 1 is 0.906 bits per heavy atom. The van der Waals surface area contributed by atoms with Gasteiger partial charge in [0.2, 0.25) is 0 Å². The third-order valence-corrected chi connectivity index (χ3v) is 5.60. The molecule has 2 aromatic rings. The molecule has 0 saturated heterocycles. The molecule has 0 spiro atoms. The second kappa shape index (κ2) is 15.4. The first kappa shape index (κ1) is 25.9. The van der Waals surface area contributed by atoms with Crippen LogP contribution in [0.3, 0.4) is 0 Å². The standard InChI is InChI=1S/C28H42N2O2/c1-5-6-7-8-9-10-21-32-28-29-20-18-27(30-28)25-14-16-26(17-15-25)31-22-19-24(4)13-11-12-23(2)3/h12,14-18,20,24H,5-11,13,19,21-22H2,1-4H3. The fourth-order valence-electron chi connectivity index (χ4n) is 3.52. The second-order valence-electron chi connectivity index (χ2n) is 8.97. The molecule has 1 unspecified atom stereocenters. The highest BCUT2D eigenvalue weighted by atomic mass is 16.5. The van der Waals surface area contributed by atoms with Gasteiger partial charge in [-0.2, -0.15) is 4.98 Å². The maximum Gasteiger partial charge on any atom is 0.316 e. The molecule has 0 saturated carbocycles. The van der Waals surface area contributed by atoms with Gasteiger partial charge < -0.3 is 9.47 Å². The fourth-order valence-corrected chi connectivity index (χ4v) is 3.52. The Kier molecular flexibility index (Phi) is 12.5. The zero-order chi connectivity index (χ0) is 23.0. The highest BCUT2D eigenvalue weighted by molar-refractivity contribution is 5.59. The Bertz CT molecular complexity index is 782. The van der Waals surface area contributed by atoms with Crippen molar-refractivity contribution >= 4 is 0 Å². The van der Waals surface area contributed by atoms with Gasteiger partial charge in [-0.1, -0.05) is 57.6 Å². The van der Waals surface area contributed by atoms with Crippen molar-refractivity contribution in [3.63, 3.8) is 0 Å². The molecule has 0 aliphatic carbocycles. The van der Waals surface area contributed by atoms with E-state index in [-0.39, 0.29) is 0 Å². The molecule has 0 aliphatic rings. The van der Waals surface area contributed by atoms with Crippen LogP contribution in [0.1, 0.15) is 85.5 Å². The SMILES string of the molecule is CCCCCCCCOc1nccc(-c2ccc(OCCC(C)CCC=C(C)C)cc2)n1. The topological polar surface area (TPSA) is 44.2 Å². The molecule has 2 rings (SSSR count). The van der Waals surface area contributed by atoms with Crippen molar-refractivity contribution in [3.8, 4) is 23.0 Å². The average molecular weight is 439 g/mol. The molecule has 0 amide bonds. The molecular weight excluding hydrogens is 396 g/mol. The van der Waals surface area contributed by atoms with Crippen LogP contribution in [0, 0.1) is 5.92 Å². The van der Waals surface area contributed by atoms with Gasteiger partial charge in [0, 0.05) is 11.8 Å². The lowest BCUT2D eigenvalue weighted by atomic mass is 10.0. The van der Waals surface area contributed by atoms with Gasteiger partial charge >= 0.3 is 6.01 Å². The Hall–Kier alpha value is -2.36. The smallest absolute Gasteiger partial charge is 0.316 e. The van der Waals surface area contributed by atoms with Crippen LogP contribution >= 0.6 is 0 Å². The normalized spacial score (nSPS) is 11.8. The van der Waals surface area contributed by atoms with Crippen molar-refractivity contribution in [1.29, 1.82) is 0 Å². The van der Waals surface area contributed by atoms with Crippen LogP contribution in [0.2, 0.25) is 0 Å². The van der Waals surface area contributed by atoms with Crippen molar-refractivity contribution in [2.45, 2.75) is 85.5 Å². The summed E-state index contributed by atoms with van der Waals surface area (Å²) in [6.07, 6.45) is 15.0. The van der Waals surface area contributed by atoms with Crippen LogP contribution < -0.4 is 9.47 Å². The predicted octanol–water partition coefficient (Wildman–Crippen LogP) is 8.03. The Morgan fingerprint density at radius 2 is 1.66 bits per heavy atom. The summed E-state index contributed by atoms with van der Waals surface area (Å²) in [7, 11) is 0. The molecule has 0 N–H and O–H groups in total. The first-order valence-corrected chi connectivity index (χ1v) is 12.4. The van der Waals surface area contributed by atoms with E-state index in [2.05, 4.69) is 43.7 Å². The minimum Gasteiger partial charge on any atom is -0.494 e. The van der Waals surface area contributed by atoms with Crippen molar-refractivity contribution in [2.75, 3.05) is 13.2 Å². The largest absolute Gasteiger partial charge is 0.494 e. The summed E-state index contributed by atoms with van der Waals surface area (Å²) in [6, 6.07) is 10.5. The first-order valence-electron chi connectivity index (χ1n) is 12.4. The van der Waals surface area contributed by atoms with Gasteiger partial charge in [0.15, 0.2) is 0 Å². The summed E-state index contributed by atoms with van der Waals surface area (Å²) in [4.78, 5) is 8.82. The number of ether oxygens (including phenoxy) is 2. The molecule has 0 aliphatic heterocycles.